The summed E-state index contributed by atoms with van der Waals surface area (Å²) in [6, 6.07) is 5.81. The lowest BCUT2D eigenvalue weighted by Gasteiger charge is -2.30. The average molecular weight is 725 g/mol. The van der Waals surface area contributed by atoms with Crippen LogP contribution in [-0.2, 0) is 0 Å². The second-order valence-electron chi connectivity index (χ2n) is 15.8. The summed E-state index contributed by atoms with van der Waals surface area (Å²) >= 11 is 0. The summed E-state index contributed by atoms with van der Waals surface area (Å²) in [6.45, 7) is 7.39. The van der Waals surface area contributed by atoms with Crippen LogP contribution in [0.4, 0.5) is 0 Å². The summed E-state index contributed by atoms with van der Waals surface area (Å²) in [5, 5.41) is 17.3. The van der Waals surface area contributed by atoms with Gasteiger partial charge in [0, 0.05) is 0 Å². The first kappa shape index (κ1) is 50.8. The molecule has 1 rings (SSSR count). The highest BCUT2D eigenvalue weighted by molar-refractivity contribution is 5.90. The van der Waals surface area contributed by atoms with E-state index in [1.165, 1.54) is 235 Å². The van der Waals surface area contributed by atoms with Gasteiger partial charge in [0.05, 0.1) is 27.2 Å². The van der Waals surface area contributed by atoms with E-state index in [4.69, 9.17) is 10.2 Å². The maximum atomic E-state index is 10.3. The molecule has 0 unspecified atom stereocenters. The van der Waals surface area contributed by atoms with Crippen molar-refractivity contribution < 1.29 is 31.9 Å². The number of hydrogen-bond donors (Lipinski definition) is 2. The number of aromatic carboxylic acids is 1. The van der Waals surface area contributed by atoms with E-state index in [1.54, 1.807) is 12.1 Å². The molecule has 0 atom stereocenters. The van der Waals surface area contributed by atoms with E-state index >= 15 is 0 Å². The van der Waals surface area contributed by atoms with Gasteiger partial charge in [-0.05, 0) is 37.8 Å². The van der Waals surface area contributed by atoms with Crippen molar-refractivity contribution in [1.82, 2.24) is 0 Å². The fraction of sp³-hybridized carbons (Fsp3) is 0.844. The summed E-state index contributed by atoms with van der Waals surface area (Å²) in [6.07, 6.45) is 46.9. The number of unbranched alkanes of at least 4 members (excludes halogenated alkanes) is 30. The Morgan fingerprint density at radius 3 is 0.920 bits per heavy atom. The molecule has 0 spiro atoms. The molecule has 50 heavy (non-hydrogen) atoms. The number of rotatable bonds is 35. The van der Waals surface area contributed by atoms with Crippen molar-refractivity contribution in [2.24, 2.45) is 0 Å². The number of quaternary nitrogens is 1. The Balaban J connectivity index is 0. The topological polar surface area (TPSA) is 57.5 Å². The lowest BCUT2D eigenvalue weighted by molar-refractivity contribution is -0.890. The Morgan fingerprint density at radius 2 is 0.700 bits per heavy atom. The second kappa shape index (κ2) is 39.0. The van der Waals surface area contributed by atoms with Crippen molar-refractivity contribution in [3.8, 4) is 5.75 Å². The van der Waals surface area contributed by atoms with Crippen LogP contribution in [0, 0.1) is 0 Å². The molecular weight excluding hydrogens is 638 g/mol. The molecule has 4 nitrogen and oxygen atoms in total. The molecule has 0 heterocycles. The Morgan fingerprint density at radius 1 is 0.460 bits per heavy atom. The van der Waals surface area contributed by atoms with Gasteiger partial charge in [0.25, 0.3) is 0 Å². The van der Waals surface area contributed by atoms with Crippen molar-refractivity contribution in [1.29, 1.82) is 0 Å². The lowest BCUT2D eigenvalue weighted by Crippen LogP contribution is -3.00. The Hall–Kier alpha value is -1.26. The van der Waals surface area contributed by atoms with Crippen LogP contribution in [0.3, 0.4) is 0 Å². The van der Waals surface area contributed by atoms with Crippen molar-refractivity contribution in [3.05, 3.63) is 29.8 Å². The molecule has 0 saturated carbocycles. The number of para-hydroxylation sites is 1. The average Bonchev–Trinajstić information content (AvgIpc) is 3.08. The number of halogens is 1. The molecule has 0 amide bonds. The molecule has 5 heteroatoms. The van der Waals surface area contributed by atoms with E-state index in [-0.39, 0.29) is 23.7 Å². The second-order valence-corrected chi connectivity index (χ2v) is 15.8. The molecule has 0 aliphatic carbocycles. The number of benzene rings is 1. The zero-order valence-corrected chi connectivity index (χ0v) is 34.7. The van der Waals surface area contributed by atoms with Crippen molar-refractivity contribution in [3.63, 3.8) is 0 Å². The summed E-state index contributed by atoms with van der Waals surface area (Å²) < 4.78 is 1.25. The third-order valence-electron chi connectivity index (χ3n) is 10.4. The molecular formula is C45H86ClNO3. The van der Waals surface area contributed by atoms with E-state index < -0.39 is 5.97 Å². The number of hydrogen-bond acceptors (Lipinski definition) is 2. The van der Waals surface area contributed by atoms with Crippen LogP contribution in [0.15, 0.2) is 24.3 Å². The van der Waals surface area contributed by atoms with Crippen LogP contribution in [0.2, 0.25) is 0 Å². The first-order valence-corrected chi connectivity index (χ1v) is 21.7. The zero-order valence-electron chi connectivity index (χ0n) is 34.0. The van der Waals surface area contributed by atoms with Crippen LogP contribution in [0.1, 0.15) is 230 Å². The number of carbonyl (C=O) groups is 1. The monoisotopic (exact) mass is 724 g/mol. The van der Waals surface area contributed by atoms with E-state index in [0.29, 0.717) is 0 Å². The quantitative estimate of drug-likeness (QED) is 0.0541. The van der Waals surface area contributed by atoms with Crippen LogP contribution in [0.5, 0.6) is 5.75 Å². The van der Waals surface area contributed by atoms with E-state index in [1.807, 2.05) is 0 Å². The lowest BCUT2D eigenvalue weighted by atomic mass is 10.0. The molecule has 0 aromatic heterocycles. The number of nitrogens with zero attached hydrogens (tertiary/aromatic N) is 1. The van der Waals surface area contributed by atoms with Crippen LogP contribution >= 0.6 is 0 Å². The maximum absolute atomic E-state index is 10.3. The SMILES string of the molecule is CCCCCCCCCCCCCCCCCC[N+](C)(C)CCCCCCCCCCCCCCCCCC.O=C(O)c1ccccc1O.[Cl-]. The number of carboxylic acid groups (broad SMARTS) is 1. The Kier molecular flexibility index (Phi) is 39.6. The van der Waals surface area contributed by atoms with Gasteiger partial charge in [0.2, 0.25) is 0 Å². The summed E-state index contributed by atoms with van der Waals surface area (Å²) in [7, 11) is 4.94. The molecule has 296 valence electrons. The van der Waals surface area contributed by atoms with Crippen molar-refractivity contribution in [2.75, 3.05) is 27.2 Å². The number of phenols is 1. The minimum Gasteiger partial charge on any atom is -1.00 e. The summed E-state index contributed by atoms with van der Waals surface area (Å²) in [5.41, 5.74) is -0.0671. The highest BCUT2D eigenvalue weighted by Crippen LogP contribution is 2.17. The maximum Gasteiger partial charge on any atom is 0.339 e. The highest BCUT2D eigenvalue weighted by atomic mass is 35.5. The summed E-state index contributed by atoms with van der Waals surface area (Å²) in [5.74, 6) is -1.31. The van der Waals surface area contributed by atoms with Crippen LogP contribution in [0.25, 0.3) is 0 Å². The molecule has 0 fully saturated rings. The minimum atomic E-state index is -1.11. The van der Waals surface area contributed by atoms with E-state index in [2.05, 4.69) is 27.9 Å². The molecule has 0 bridgehead atoms. The highest BCUT2D eigenvalue weighted by Gasteiger charge is 2.13. The van der Waals surface area contributed by atoms with Gasteiger partial charge in [-0.3, -0.25) is 0 Å². The fourth-order valence-electron chi connectivity index (χ4n) is 6.94. The van der Waals surface area contributed by atoms with E-state index in [9.17, 15) is 4.79 Å². The number of carboxylic acids is 1. The smallest absolute Gasteiger partial charge is 0.339 e. The first-order valence-electron chi connectivity index (χ1n) is 21.7. The molecule has 0 aliphatic rings. The van der Waals surface area contributed by atoms with Crippen LogP contribution < -0.4 is 12.4 Å². The summed E-state index contributed by atoms with van der Waals surface area (Å²) in [4.78, 5) is 10.3. The van der Waals surface area contributed by atoms with Crippen LogP contribution in [-0.4, -0.2) is 47.9 Å². The molecule has 2 N–H and O–H groups in total. The first-order chi connectivity index (χ1) is 23.8. The Bertz CT molecular complexity index is 792. The fourth-order valence-corrected chi connectivity index (χ4v) is 6.94. The molecule has 0 saturated heterocycles. The van der Waals surface area contributed by atoms with Gasteiger partial charge in [0.15, 0.2) is 0 Å². The van der Waals surface area contributed by atoms with Crippen molar-refractivity contribution >= 4 is 5.97 Å². The van der Waals surface area contributed by atoms with Gasteiger partial charge in [-0.2, -0.15) is 0 Å². The van der Waals surface area contributed by atoms with Gasteiger partial charge in [-0.1, -0.05) is 206 Å². The standard InChI is InChI=1S/C38H80N.C7H6O3.ClH/c1-5-7-9-11-13-15-17-19-21-23-25-27-29-31-33-35-37-39(3,4)38-36-34-32-30-28-26-24-22-20-18-16-14-12-10-8-6-2;8-6-4-2-1-3-5(6)7(9)10;/h5-38H2,1-4H3;1-4,8H,(H,9,10);1H/q+1;;/p-1. The predicted molar refractivity (Wildman–Crippen MR) is 216 cm³/mol. The molecule has 1 aromatic rings. The Labute approximate surface area is 319 Å². The van der Waals surface area contributed by atoms with E-state index in [0.717, 1.165) is 0 Å². The molecule has 1 aromatic carbocycles. The third-order valence-corrected chi connectivity index (χ3v) is 10.4. The van der Waals surface area contributed by atoms with Gasteiger partial charge in [-0.25, -0.2) is 4.79 Å². The molecule has 0 radical (unpaired) electrons. The van der Waals surface area contributed by atoms with Gasteiger partial charge in [-0.15, -0.1) is 0 Å². The van der Waals surface area contributed by atoms with Gasteiger partial charge in [0.1, 0.15) is 11.3 Å². The molecule has 0 aliphatic heterocycles. The minimum absolute atomic E-state index is 0. The van der Waals surface area contributed by atoms with Gasteiger partial charge >= 0.3 is 5.97 Å². The third kappa shape index (κ3) is 36.5. The largest absolute Gasteiger partial charge is 1.00 e. The van der Waals surface area contributed by atoms with Crippen molar-refractivity contribution in [2.45, 2.75) is 219 Å². The van der Waals surface area contributed by atoms with Gasteiger partial charge < -0.3 is 27.1 Å². The number of aromatic hydroxyl groups is 1. The predicted octanol–water partition coefficient (Wildman–Crippen LogP) is 11.7. The zero-order chi connectivity index (χ0) is 36.1. The normalized spacial score (nSPS) is 11.2.